The Morgan fingerprint density at radius 3 is 1.83 bits per heavy atom. The first-order valence-corrected chi connectivity index (χ1v) is 6.57. The van der Waals surface area contributed by atoms with Crippen LogP contribution in [0, 0.1) is 5.41 Å². The maximum atomic E-state index is 11.5. The lowest BCUT2D eigenvalue weighted by Crippen LogP contribution is -2.40. The van der Waals surface area contributed by atoms with Crippen molar-refractivity contribution >= 4 is 11.8 Å². The fraction of sp³-hybridized carbons (Fsp3) is 0.857. The highest BCUT2D eigenvalue weighted by molar-refractivity contribution is 5.79. The summed E-state index contributed by atoms with van der Waals surface area (Å²) in [5.74, 6) is 0.0274. The van der Waals surface area contributed by atoms with E-state index in [9.17, 15) is 9.59 Å². The van der Waals surface area contributed by atoms with Crippen LogP contribution in [0.2, 0.25) is 0 Å². The quantitative estimate of drug-likeness (QED) is 0.792. The first-order chi connectivity index (χ1) is 7.99. The minimum atomic E-state index is -0.203. The molecular weight excluding hydrogens is 228 g/mol. The second kappa shape index (κ2) is 6.76. The number of carbonyl (C=O) groups excluding carboxylic acids is 2. The standard InChI is InChI=1S/C14H28N2O2/c1-13(2,3)10-15-11(17)8-7-9-12(18)16-14(4,5)6/h7-10H2,1-6H3,(H,15,17)(H,16,18). The lowest BCUT2D eigenvalue weighted by molar-refractivity contribution is -0.123. The second-order valence-corrected chi connectivity index (χ2v) is 6.99. The molecule has 0 spiro atoms. The molecule has 0 unspecified atom stereocenters. The predicted molar refractivity (Wildman–Crippen MR) is 74.2 cm³/mol. The Morgan fingerprint density at radius 2 is 1.39 bits per heavy atom. The smallest absolute Gasteiger partial charge is 0.220 e. The molecule has 0 aromatic carbocycles. The third-order valence-corrected chi connectivity index (χ3v) is 2.14. The summed E-state index contributed by atoms with van der Waals surface area (Å²) in [7, 11) is 0. The molecule has 106 valence electrons. The summed E-state index contributed by atoms with van der Waals surface area (Å²) in [6, 6.07) is 0. The van der Waals surface area contributed by atoms with E-state index in [2.05, 4.69) is 31.4 Å². The fourth-order valence-corrected chi connectivity index (χ4v) is 1.34. The zero-order valence-electron chi connectivity index (χ0n) is 12.6. The van der Waals surface area contributed by atoms with Gasteiger partial charge in [0.25, 0.3) is 0 Å². The molecule has 0 heterocycles. The minimum Gasteiger partial charge on any atom is -0.356 e. The number of hydrogen-bond donors (Lipinski definition) is 2. The molecule has 0 bridgehead atoms. The maximum Gasteiger partial charge on any atom is 0.220 e. The maximum absolute atomic E-state index is 11.5. The molecule has 4 nitrogen and oxygen atoms in total. The van der Waals surface area contributed by atoms with Gasteiger partial charge in [-0.2, -0.15) is 0 Å². The Labute approximate surface area is 111 Å². The molecule has 0 saturated carbocycles. The molecular formula is C14H28N2O2. The van der Waals surface area contributed by atoms with E-state index in [0.29, 0.717) is 25.8 Å². The van der Waals surface area contributed by atoms with E-state index in [1.165, 1.54) is 0 Å². The summed E-state index contributed by atoms with van der Waals surface area (Å²) in [5, 5.41) is 5.75. The van der Waals surface area contributed by atoms with Crippen molar-refractivity contribution in [1.82, 2.24) is 10.6 Å². The Hall–Kier alpha value is -1.06. The topological polar surface area (TPSA) is 58.2 Å². The first-order valence-electron chi connectivity index (χ1n) is 6.57. The molecule has 18 heavy (non-hydrogen) atoms. The molecule has 0 aliphatic heterocycles. The van der Waals surface area contributed by atoms with E-state index in [1.807, 2.05) is 20.8 Å². The summed E-state index contributed by atoms with van der Waals surface area (Å²) in [6.07, 6.45) is 1.41. The molecule has 0 aromatic rings. The van der Waals surface area contributed by atoms with Crippen LogP contribution in [0.1, 0.15) is 60.8 Å². The van der Waals surface area contributed by atoms with E-state index in [1.54, 1.807) is 0 Å². The Bertz CT molecular complexity index is 285. The Morgan fingerprint density at radius 1 is 0.889 bits per heavy atom. The van der Waals surface area contributed by atoms with Crippen LogP contribution >= 0.6 is 0 Å². The third kappa shape index (κ3) is 11.4. The van der Waals surface area contributed by atoms with E-state index in [-0.39, 0.29) is 22.8 Å². The number of nitrogens with one attached hydrogen (secondary N) is 2. The predicted octanol–water partition coefficient (Wildman–Crippen LogP) is 2.23. The zero-order valence-corrected chi connectivity index (χ0v) is 12.6. The van der Waals surface area contributed by atoms with Gasteiger partial charge < -0.3 is 10.6 Å². The monoisotopic (exact) mass is 256 g/mol. The zero-order chi connectivity index (χ0) is 14.4. The van der Waals surface area contributed by atoms with Crippen LogP contribution in [0.4, 0.5) is 0 Å². The van der Waals surface area contributed by atoms with Crippen molar-refractivity contribution in [1.29, 1.82) is 0 Å². The van der Waals surface area contributed by atoms with Gasteiger partial charge in [-0.25, -0.2) is 0 Å². The lowest BCUT2D eigenvalue weighted by atomic mass is 9.97. The van der Waals surface area contributed by atoms with Crippen LogP contribution in [0.3, 0.4) is 0 Å². The molecule has 4 heteroatoms. The minimum absolute atomic E-state index is 0.00567. The molecule has 2 N–H and O–H groups in total. The molecule has 0 aliphatic rings. The van der Waals surface area contributed by atoms with Gasteiger partial charge in [-0.3, -0.25) is 9.59 Å². The molecule has 0 rings (SSSR count). The molecule has 0 fully saturated rings. The van der Waals surface area contributed by atoms with Gasteiger partial charge >= 0.3 is 0 Å². The highest BCUT2D eigenvalue weighted by Gasteiger charge is 2.14. The van der Waals surface area contributed by atoms with Crippen LogP contribution in [0.5, 0.6) is 0 Å². The van der Waals surface area contributed by atoms with Gasteiger partial charge in [0.2, 0.25) is 11.8 Å². The van der Waals surface area contributed by atoms with Gasteiger partial charge in [-0.1, -0.05) is 20.8 Å². The van der Waals surface area contributed by atoms with Crippen LogP contribution < -0.4 is 10.6 Å². The average molecular weight is 256 g/mol. The van der Waals surface area contributed by atoms with Gasteiger partial charge in [0.1, 0.15) is 0 Å². The Balaban J connectivity index is 3.72. The summed E-state index contributed by atoms with van der Waals surface area (Å²) < 4.78 is 0. The van der Waals surface area contributed by atoms with Crippen LogP contribution in [0.25, 0.3) is 0 Å². The first kappa shape index (κ1) is 16.9. The molecule has 2 amide bonds. The van der Waals surface area contributed by atoms with Crippen molar-refractivity contribution in [2.24, 2.45) is 5.41 Å². The van der Waals surface area contributed by atoms with Crippen LogP contribution in [-0.2, 0) is 9.59 Å². The van der Waals surface area contributed by atoms with E-state index in [0.717, 1.165) is 0 Å². The van der Waals surface area contributed by atoms with Gasteiger partial charge in [0, 0.05) is 24.9 Å². The second-order valence-electron chi connectivity index (χ2n) is 6.99. The average Bonchev–Trinajstić information content (AvgIpc) is 2.10. The SMILES string of the molecule is CC(C)(C)CNC(=O)CCCC(=O)NC(C)(C)C. The summed E-state index contributed by atoms with van der Waals surface area (Å²) in [4.78, 5) is 23.0. The van der Waals surface area contributed by atoms with E-state index >= 15 is 0 Å². The van der Waals surface area contributed by atoms with Crippen molar-refractivity contribution in [3.8, 4) is 0 Å². The van der Waals surface area contributed by atoms with Crippen molar-refractivity contribution < 1.29 is 9.59 Å². The highest BCUT2D eigenvalue weighted by Crippen LogP contribution is 2.10. The summed E-state index contributed by atoms with van der Waals surface area (Å²) >= 11 is 0. The number of hydrogen-bond acceptors (Lipinski definition) is 2. The summed E-state index contributed by atoms with van der Waals surface area (Å²) in [5.41, 5.74) is -0.106. The van der Waals surface area contributed by atoms with Crippen molar-refractivity contribution in [2.45, 2.75) is 66.3 Å². The van der Waals surface area contributed by atoms with Gasteiger partial charge in [0.05, 0.1) is 0 Å². The summed E-state index contributed by atoms with van der Waals surface area (Å²) in [6.45, 7) is 12.7. The largest absolute Gasteiger partial charge is 0.356 e. The van der Waals surface area contributed by atoms with Crippen LogP contribution in [0.15, 0.2) is 0 Å². The normalized spacial score (nSPS) is 12.1. The van der Waals surface area contributed by atoms with Gasteiger partial charge in [0.15, 0.2) is 0 Å². The molecule has 0 atom stereocenters. The number of rotatable bonds is 5. The molecule has 0 aromatic heterocycles. The van der Waals surface area contributed by atoms with E-state index < -0.39 is 0 Å². The molecule has 0 radical (unpaired) electrons. The third-order valence-electron chi connectivity index (χ3n) is 2.14. The molecule has 0 saturated heterocycles. The van der Waals surface area contributed by atoms with Crippen molar-refractivity contribution in [3.63, 3.8) is 0 Å². The van der Waals surface area contributed by atoms with Gasteiger partial charge in [-0.05, 0) is 32.6 Å². The number of amides is 2. The highest BCUT2D eigenvalue weighted by atomic mass is 16.2. The van der Waals surface area contributed by atoms with Crippen molar-refractivity contribution in [3.05, 3.63) is 0 Å². The number of carbonyl (C=O) groups is 2. The Kier molecular flexibility index (Phi) is 6.36. The van der Waals surface area contributed by atoms with Gasteiger partial charge in [-0.15, -0.1) is 0 Å². The van der Waals surface area contributed by atoms with Crippen LogP contribution in [-0.4, -0.2) is 23.9 Å². The van der Waals surface area contributed by atoms with E-state index in [4.69, 9.17) is 0 Å². The lowest BCUT2D eigenvalue weighted by Gasteiger charge is -2.20. The molecule has 0 aliphatic carbocycles. The van der Waals surface area contributed by atoms with Crippen molar-refractivity contribution in [2.75, 3.05) is 6.54 Å². The fourth-order valence-electron chi connectivity index (χ4n) is 1.34.